The number of likely N-dealkylation sites (N-methyl/N-ethyl adjacent to an activating group) is 1. The van der Waals surface area contributed by atoms with Crippen molar-refractivity contribution < 1.29 is 14.2 Å². The summed E-state index contributed by atoms with van der Waals surface area (Å²) in [6.07, 6.45) is -0.219. The van der Waals surface area contributed by atoms with Crippen molar-refractivity contribution in [2.24, 2.45) is 0 Å². The Hall–Kier alpha value is -1.14. The third kappa shape index (κ3) is 5.09. The van der Waals surface area contributed by atoms with Crippen molar-refractivity contribution in [3.05, 3.63) is 29.8 Å². The van der Waals surface area contributed by atoms with Gasteiger partial charge in [0.15, 0.2) is 6.29 Å². The van der Waals surface area contributed by atoms with Crippen molar-refractivity contribution in [2.45, 2.75) is 12.3 Å². The monoisotopic (exact) mass is 282 g/mol. The molecule has 0 heterocycles. The number of ether oxygens (including phenoxy) is 3. The average Bonchev–Trinajstić information content (AvgIpc) is 2.47. The highest BCUT2D eigenvalue weighted by atomic mass is 16.7. The molecule has 0 radical (unpaired) electrons. The Morgan fingerprint density at radius 2 is 1.80 bits per heavy atom. The van der Waals surface area contributed by atoms with Crippen LogP contribution in [0.15, 0.2) is 24.3 Å². The van der Waals surface area contributed by atoms with E-state index in [1.54, 1.807) is 21.3 Å². The van der Waals surface area contributed by atoms with Gasteiger partial charge in [0.25, 0.3) is 0 Å². The fourth-order valence-electron chi connectivity index (χ4n) is 2.05. The van der Waals surface area contributed by atoms with Gasteiger partial charge in [0.2, 0.25) is 0 Å². The van der Waals surface area contributed by atoms with Gasteiger partial charge >= 0.3 is 0 Å². The lowest BCUT2D eigenvalue weighted by Gasteiger charge is -2.26. The molecule has 0 aliphatic heterocycles. The third-order valence-corrected chi connectivity index (χ3v) is 3.28. The van der Waals surface area contributed by atoms with Crippen LogP contribution in [-0.2, 0) is 9.47 Å². The van der Waals surface area contributed by atoms with Gasteiger partial charge < -0.3 is 24.4 Å². The molecular formula is C15H26N2O3. The summed E-state index contributed by atoms with van der Waals surface area (Å²) in [4.78, 5) is 2.18. The van der Waals surface area contributed by atoms with E-state index in [2.05, 4.69) is 36.4 Å². The third-order valence-electron chi connectivity index (χ3n) is 3.28. The Bertz CT molecular complexity index is 381. The van der Waals surface area contributed by atoms with E-state index in [0.717, 1.165) is 12.3 Å². The topological polar surface area (TPSA) is 43.0 Å². The SMILES string of the molecule is COc1cccc(C(CNCC(OC)OC)N(C)C)c1. The van der Waals surface area contributed by atoms with Gasteiger partial charge in [-0.1, -0.05) is 12.1 Å². The van der Waals surface area contributed by atoms with Gasteiger partial charge in [0.05, 0.1) is 7.11 Å². The molecule has 0 aromatic heterocycles. The van der Waals surface area contributed by atoms with Crippen LogP contribution in [0.4, 0.5) is 0 Å². The van der Waals surface area contributed by atoms with Crippen LogP contribution in [0.3, 0.4) is 0 Å². The Labute approximate surface area is 121 Å². The van der Waals surface area contributed by atoms with Gasteiger partial charge in [0, 0.05) is 33.4 Å². The summed E-state index contributed by atoms with van der Waals surface area (Å²) in [5, 5.41) is 3.37. The lowest BCUT2D eigenvalue weighted by atomic mass is 10.1. The van der Waals surface area contributed by atoms with Crippen molar-refractivity contribution in [1.29, 1.82) is 0 Å². The van der Waals surface area contributed by atoms with Gasteiger partial charge in [-0.25, -0.2) is 0 Å². The second-order valence-electron chi connectivity index (χ2n) is 4.82. The zero-order valence-electron chi connectivity index (χ0n) is 13.1. The molecule has 0 spiro atoms. The summed E-state index contributed by atoms with van der Waals surface area (Å²) in [5.41, 5.74) is 1.22. The summed E-state index contributed by atoms with van der Waals surface area (Å²) in [6, 6.07) is 8.41. The van der Waals surface area contributed by atoms with Gasteiger partial charge in [-0.2, -0.15) is 0 Å². The molecule has 0 fully saturated rings. The Balaban J connectivity index is 2.64. The maximum Gasteiger partial charge on any atom is 0.169 e. The van der Waals surface area contributed by atoms with Crippen LogP contribution < -0.4 is 10.1 Å². The van der Waals surface area contributed by atoms with Crippen LogP contribution >= 0.6 is 0 Å². The highest BCUT2D eigenvalue weighted by molar-refractivity contribution is 5.30. The maximum absolute atomic E-state index is 5.28. The molecule has 1 rings (SSSR count). The van der Waals surface area contributed by atoms with E-state index < -0.39 is 0 Å². The van der Waals surface area contributed by atoms with Crippen molar-refractivity contribution in [3.8, 4) is 5.75 Å². The Morgan fingerprint density at radius 3 is 2.35 bits per heavy atom. The second kappa shape index (κ2) is 8.92. The fraction of sp³-hybridized carbons (Fsp3) is 0.600. The molecule has 0 saturated carbocycles. The maximum atomic E-state index is 5.28. The van der Waals surface area contributed by atoms with Crippen molar-refractivity contribution in [1.82, 2.24) is 10.2 Å². The predicted octanol–water partition coefficient (Wildman–Crippen LogP) is 1.51. The van der Waals surface area contributed by atoms with Crippen LogP contribution in [0.2, 0.25) is 0 Å². The van der Waals surface area contributed by atoms with Crippen molar-refractivity contribution >= 4 is 0 Å². The first-order valence-corrected chi connectivity index (χ1v) is 6.69. The smallest absolute Gasteiger partial charge is 0.169 e. The highest BCUT2D eigenvalue weighted by Crippen LogP contribution is 2.22. The lowest BCUT2D eigenvalue weighted by molar-refractivity contribution is -0.0990. The number of hydrogen-bond donors (Lipinski definition) is 1. The highest BCUT2D eigenvalue weighted by Gasteiger charge is 2.15. The van der Waals surface area contributed by atoms with Crippen LogP contribution in [0, 0.1) is 0 Å². The van der Waals surface area contributed by atoms with Crippen LogP contribution in [0.25, 0.3) is 0 Å². The summed E-state index contributed by atoms with van der Waals surface area (Å²) < 4.78 is 15.6. The summed E-state index contributed by atoms with van der Waals surface area (Å²) in [6.45, 7) is 1.46. The van der Waals surface area contributed by atoms with Crippen molar-refractivity contribution in [2.75, 3.05) is 48.5 Å². The van der Waals surface area contributed by atoms with Gasteiger partial charge in [0.1, 0.15) is 5.75 Å². The minimum absolute atomic E-state index is 0.219. The van der Waals surface area contributed by atoms with E-state index in [9.17, 15) is 0 Å². The average molecular weight is 282 g/mol. The normalized spacial score (nSPS) is 12.9. The molecule has 1 atom stereocenters. The zero-order chi connectivity index (χ0) is 15.0. The Morgan fingerprint density at radius 1 is 1.10 bits per heavy atom. The number of nitrogens with one attached hydrogen (secondary N) is 1. The number of hydrogen-bond acceptors (Lipinski definition) is 5. The first kappa shape index (κ1) is 16.9. The number of nitrogens with zero attached hydrogens (tertiary/aromatic N) is 1. The molecule has 0 aliphatic carbocycles. The molecule has 5 heteroatoms. The molecule has 5 nitrogen and oxygen atoms in total. The van der Waals surface area contributed by atoms with Crippen molar-refractivity contribution in [3.63, 3.8) is 0 Å². The van der Waals surface area contributed by atoms with Crippen LogP contribution in [0.5, 0.6) is 5.75 Å². The first-order chi connectivity index (χ1) is 9.62. The quantitative estimate of drug-likeness (QED) is 0.695. The fourth-order valence-corrected chi connectivity index (χ4v) is 2.05. The first-order valence-electron chi connectivity index (χ1n) is 6.69. The van der Waals surface area contributed by atoms with E-state index in [4.69, 9.17) is 14.2 Å². The van der Waals surface area contributed by atoms with Gasteiger partial charge in [-0.05, 0) is 31.8 Å². The molecule has 20 heavy (non-hydrogen) atoms. The second-order valence-corrected chi connectivity index (χ2v) is 4.82. The minimum Gasteiger partial charge on any atom is -0.497 e. The van der Waals surface area contributed by atoms with E-state index in [1.165, 1.54) is 5.56 Å². The van der Waals surface area contributed by atoms with Gasteiger partial charge in [-0.15, -0.1) is 0 Å². The lowest BCUT2D eigenvalue weighted by Crippen LogP contribution is -2.36. The predicted molar refractivity (Wildman–Crippen MR) is 80.1 cm³/mol. The van der Waals surface area contributed by atoms with E-state index in [-0.39, 0.29) is 12.3 Å². The molecule has 1 aromatic rings. The molecule has 114 valence electrons. The summed E-state index contributed by atoms with van der Waals surface area (Å²) in [5.74, 6) is 0.876. The van der Waals surface area contributed by atoms with Gasteiger partial charge in [-0.3, -0.25) is 0 Å². The molecule has 0 amide bonds. The molecule has 0 bridgehead atoms. The van der Waals surface area contributed by atoms with E-state index in [0.29, 0.717) is 6.54 Å². The molecule has 1 aromatic carbocycles. The Kier molecular flexibility index (Phi) is 7.54. The minimum atomic E-state index is -0.219. The summed E-state index contributed by atoms with van der Waals surface area (Å²) in [7, 11) is 9.10. The molecule has 0 saturated heterocycles. The molecular weight excluding hydrogens is 256 g/mol. The summed E-state index contributed by atoms with van der Waals surface area (Å²) >= 11 is 0. The van der Waals surface area contributed by atoms with E-state index >= 15 is 0 Å². The number of methoxy groups -OCH3 is 3. The van der Waals surface area contributed by atoms with E-state index in [1.807, 2.05) is 12.1 Å². The van der Waals surface area contributed by atoms with Crippen LogP contribution in [0.1, 0.15) is 11.6 Å². The standard InChI is InChI=1S/C15H26N2O3/c1-17(2)14(10-16-11-15(19-4)20-5)12-7-6-8-13(9-12)18-3/h6-9,14-16H,10-11H2,1-5H3. The zero-order valence-corrected chi connectivity index (χ0v) is 13.1. The molecule has 1 unspecified atom stereocenters. The van der Waals surface area contributed by atoms with Crippen LogP contribution in [-0.4, -0.2) is 59.7 Å². The number of rotatable bonds is 9. The largest absolute Gasteiger partial charge is 0.497 e. The molecule has 1 N–H and O–H groups in total. The number of benzene rings is 1. The molecule has 0 aliphatic rings.